The molecular formula is C22H16O5. The van der Waals surface area contributed by atoms with Crippen LogP contribution >= 0.6 is 0 Å². The smallest absolute Gasteiger partial charge is 0.312 e. The van der Waals surface area contributed by atoms with E-state index in [4.69, 9.17) is 4.74 Å². The second kappa shape index (κ2) is 6.61. The summed E-state index contributed by atoms with van der Waals surface area (Å²) in [6, 6.07) is 18.1. The van der Waals surface area contributed by atoms with E-state index in [1.165, 1.54) is 24.3 Å². The average molecular weight is 360 g/mol. The standard InChI is InChI=1S/C22H16O5/c23-15-8-6-13(7-9-15)17-12-19(24)27-18-11-10-16(22(26)20(17)18)21(25)14-4-2-1-3-5-14/h1-11,17,23,26H,12H2/t17-/m1/s1. The predicted molar refractivity (Wildman–Crippen MR) is 98.2 cm³/mol. The minimum atomic E-state index is -0.467. The summed E-state index contributed by atoms with van der Waals surface area (Å²) >= 11 is 0. The monoisotopic (exact) mass is 360 g/mol. The molecule has 27 heavy (non-hydrogen) atoms. The highest BCUT2D eigenvalue weighted by Gasteiger charge is 2.33. The van der Waals surface area contributed by atoms with Gasteiger partial charge in [-0.05, 0) is 29.8 Å². The van der Waals surface area contributed by atoms with Crippen molar-refractivity contribution in [2.75, 3.05) is 0 Å². The third-order valence-corrected chi connectivity index (χ3v) is 4.70. The second-order valence-corrected chi connectivity index (χ2v) is 6.39. The van der Waals surface area contributed by atoms with Crippen molar-refractivity contribution < 1.29 is 24.5 Å². The second-order valence-electron chi connectivity index (χ2n) is 6.39. The first-order valence-corrected chi connectivity index (χ1v) is 8.50. The van der Waals surface area contributed by atoms with E-state index in [2.05, 4.69) is 0 Å². The van der Waals surface area contributed by atoms with E-state index in [1.807, 2.05) is 6.07 Å². The molecule has 0 spiro atoms. The molecule has 3 aromatic carbocycles. The molecule has 4 rings (SSSR count). The fourth-order valence-corrected chi connectivity index (χ4v) is 3.37. The summed E-state index contributed by atoms with van der Waals surface area (Å²) in [7, 11) is 0. The van der Waals surface area contributed by atoms with Crippen molar-refractivity contribution in [3.8, 4) is 17.2 Å². The van der Waals surface area contributed by atoms with Gasteiger partial charge in [0, 0.05) is 17.0 Å². The normalized spacial score (nSPS) is 15.7. The van der Waals surface area contributed by atoms with Crippen molar-refractivity contribution in [3.63, 3.8) is 0 Å². The van der Waals surface area contributed by atoms with Gasteiger partial charge >= 0.3 is 5.97 Å². The fourth-order valence-electron chi connectivity index (χ4n) is 3.37. The van der Waals surface area contributed by atoms with Crippen molar-refractivity contribution in [1.29, 1.82) is 0 Å². The molecular weight excluding hydrogens is 344 g/mol. The van der Waals surface area contributed by atoms with E-state index < -0.39 is 11.9 Å². The zero-order valence-electron chi connectivity index (χ0n) is 14.3. The van der Waals surface area contributed by atoms with Gasteiger partial charge in [0.1, 0.15) is 17.2 Å². The number of esters is 1. The molecule has 5 heteroatoms. The fraction of sp³-hybridized carbons (Fsp3) is 0.0909. The lowest BCUT2D eigenvalue weighted by Crippen LogP contribution is -2.21. The third-order valence-electron chi connectivity index (χ3n) is 4.70. The number of hydrogen-bond acceptors (Lipinski definition) is 5. The molecule has 0 bridgehead atoms. The SMILES string of the molecule is O=C1C[C@H](c2ccc(O)cc2)c2c(ccc(C(=O)c3ccccc3)c2O)O1. The minimum Gasteiger partial charge on any atom is -0.508 e. The number of phenolic OH excluding ortho intramolecular Hbond substituents is 2. The first-order valence-electron chi connectivity index (χ1n) is 8.50. The van der Waals surface area contributed by atoms with Crippen molar-refractivity contribution in [1.82, 2.24) is 0 Å². The van der Waals surface area contributed by atoms with Crippen LogP contribution < -0.4 is 4.74 Å². The van der Waals surface area contributed by atoms with Crippen LogP contribution in [0.25, 0.3) is 0 Å². The van der Waals surface area contributed by atoms with Gasteiger partial charge in [-0.3, -0.25) is 9.59 Å². The zero-order valence-corrected chi connectivity index (χ0v) is 14.3. The summed E-state index contributed by atoms with van der Waals surface area (Å²) in [5, 5.41) is 20.4. The number of ether oxygens (including phenoxy) is 1. The molecule has 0 aliphatic carbocycles. The molecule has 3 aromatic rings. The number of fused-ring (bicyclic) bond motifs is 1. The van der Waals surface area contributed by atoms with E-state index in [0.29, 0.717) is 11.1 Å². The molecule has 0 saturated carbocycles. The average Bonchev–Trinajstić information content (AvgIpc) is 2.68. The minimum absolute atomic E-state index is 0.0360. The first kappa shape index (κ1) is 16.8. The Morgan fingerprint density at radius 2 is 1.63 bits per heavy atom. The predicted octanol–water partition coefficient (Wildman–Crippen LogP) is 3.77. The Bertz CT molecular complexity index is 1020. The molecule has 0 unspecified atom stereocenters. The number of phenols is 2. The Hall–Kier alpha value is -3.60. The van der Waals surface area contributed by atoms with Crippen molar-refractivity contribution in [2.45, 2.75) is 12.3 Å². The maximum Gasteiger partial charge on any atom is 0.312 e. The summed E-state index contributed by atoms with van der Waals surface area (Å²) in [4.78, 5) is 24.8. The number of carbonyl (C=O) groups excluding carboxylic acids is 2. The third kappa shape index (κ3) is 3.04. The Labute approximate surface area is 155 Å². The number of benzene rings is 3. The molecule has 0 radical (unpaired) electrons. The topological polar surface area (TPSA) is 83.8 Å². The van der Waals surface area contributed by atoms with Crippen molar-refractivity contribution in [3.05, 3.63) is 89.0 Å². The summed E-state index contributed by atoms with van der Waals surface area (Å²) in [5.74, 6) is -1.03. The maximum atomic E-state index is 12.8. The Morgan fingerprint density at radius 1 is 0.926 bits per heavy atom. The Morgan fingerprint density at radius 3 is 2.33 bits per heavy atom. The Kier molecular flexibility index (Phi) is 4.12. The van der Waals surface area contributed by atoms with Crippen LogP contribution in [0.15, 0.2) is 66.7 Å². The van der Waals surface area contributed by atoms with Crippen LogP contribution in [-0.2, 0) is 4.79 Å². The highest BCUT2D eigenvalue weighted by molar-refractivity contribution is 6.11. The van der Waals surface area contributed by atoms with Gasteiger partial charge in [0.15, 0.2) is 5.78 Å². The van der Waals surface area contributed by atoms with Gasteiger partial charge in [-0.1, -0.05) is 42.5 Å². The highest BCUT2D eigenvalue weighted by atomic mass is 16.5. The van der Waals surface area contributed by atoms with Gasteiger partial charge < -0.3 is 14.9 Å². The van der Waals surface area contributed by atoms with Gasteiger partial charge in [-0.15, -0.1) is 0 Å². The van der Waals surface area contributed by atoms with Crippen LogP contribution in [0.1, 0.15) is 39.4 Å². The number of hydrogen-bond donors (Lipinski definition) is 2. The maximum absolute atomic E-state index is 12.8. The number of rotatable bonds is 3. The molecule has 1 heterocycles. The van der Waals surface area contributed by atoms with Crippen LogP contribution in [0.5, 0.6) is 17.2 Å². The van der Waals surface area contributed by atoms with Crippen LogP contribution in [0.2, 0.25) is 0 Å². The molecule has 1 aliphatic rings. The van der Waals surface area contributed by atoms with Crippen LogP contribution in [0, 0.1) is 0 Å². The first-order chi connectivity index (χ1) is 13.0. The number of carbonyl (C=O) groups is 2. The van der Waals surface area contributed by atoms with Crippen molar-refractivity contribution >= 4 is 11.8 Å². The lowest BCUT2D eigenvalue weighted by atomic mass is 9.84. The van der Waals surface area contributed by atoms with Gasteiger partial charge in [0.25, 0.3) is 0 Å². The molecule has 2 N–H and O–H groups in total. The number of ketones is 1. The lowest BCUT2D eigenvalue weighted by Gasteiger charge is -2.26. The lowest BCUT2D eigenvalue weighted by molar-refractivity contribution is -0.135. The van der Waals surface area contributed by atoms with Gasteiger partial charge in [-0.25, -0.2) is 0 Å². The summed E-state index contributed by atoms with van der Waals surface area (Å²) in [5.41, 5.74) is 1.76. The van der Waals surface area contributed by atoms with E-state index >= 15 is 0 Å². The van der Waals surface area contributed by atoms with Gasteiger partial charge in [0.05, 0.1) is 12.0 Å². The molecule has 5 nitrogen and oxygen atoms in total. The largest absolute Gasteiger partial charge is 0.508 e. The number of aromatic hydroxyl groups is 2. The molecule has 0 amide bonds. The molecule has 0 aromatic heterocycles. The molecule has 0 fully saturated rings. The van der Waals surface area contributed by atoms with E-state index in [-0.39, 0.29) is 35.0 Å². The summed E-state index contributed by atoms with van der Waals surface area (Å²) in [6.07, 6.45) is 0.0360. The molecule has 134 valence electrons. The highest BCUT2D eigenvalue weighted by Crippen LogP contribution is 2.45. The summed E-state index contributed by atoms with van der Waals surface area (Å²) < 4.78 is 5.27. The quantitative estimate of drug-likeness (QED) is 0.422. The van der Waals surface area contributed by atoms with Crippen LogP contribution in [0.3, 0.4) is 0 Å². The van der Waals surface area contributed by atoms with Crippen LogP contribution in [0.4, 0.5) is 0 Å². The zero-order chi connectivity index (χ0) is 19.0. The van der Waals surface area contributed by atoms with E-state index in [1.54, 1.807) is 36.4 Å². The Balaban J connectivity index is 1.84. The van der Waals surface area contributed by atoms with Gasteiger partial charge in [0.2, 0.25) is 0 Å². The van der Waals surface area contributed by atoms with E-state index in [0.717, 1.165) is 5.56 Å². The van der Waals surface area contributed by atoms with Gasteiger partial charge in [-0.2, -0.15) is 0 Å². The van der Waals surface area contributed by atoms with E-state index in [9.17, 15) is 19.8 Å². The van der Waals surface area contributed by atoms with Crippen molar-refractivity contribution in [2.24, 2.45) is 0 Å². The molecule has 1 aliphatic heterocycles. The molecule has 1 atom stereocenters. The molecule has 0 saturated heterocycles. The van der Waals surface area contributed by atoms with Crippen LogP contribution in [-0.4, -0.2) is 22.0 Å². The summed E-state index contributed by atoms with van der Waals surface area (Å²) in [6.45, 7) is 0.